The highest BCUT2D eigenvalue weighted by molar-refractivity contribution is 5.85. The van der Waals surface area contributed by atoms with Crippen LogP contribution in [0.1, 0.15) is 29.6 Å². The van der Waals surface area contributed by atoms with Gasteiger partial charge in [-0.2, -0.15) is 0 Å². The number of carbonyl (C=O) groups excluding carboxylic acids is 1. The first-order valence-electron chi connectivity index (χ1n) is 9.50. The summed E-state index contributed by atoms with van der Waals surface area (Å²) >= 11 is 0. The topological polar surface area (TPSA) is 88.1 Å². The maximum Gasteiger partial charge on any atom is 0.251 e. The minimum Gasteiger partial charge on any atom is -0.368 e. The molecule has 2 aliphatic rings. The van der Waals surface area contributed by atoms with Gasteiger partial charge in [-0.15, -0.1) is 24.8 Å². The van der Waals surface area contributed by atoms with Gasteiger partial charge in [-0.25, -0.2) is 4.98 Å². The van der Waals surface area contributed by atoms with E-state index in [-0.39, 0.29) is 42.2 Å². The molecule has 7 nitrogen and oxygen atoms in total. The van der Waals surface area contributed by atoms with Gasteiger partial charge in [0.15, 0.2) is 0 Å². The number of nitrogens with one attached hydrogen (secondary N) is 3. The Balaban J connectivity index is 0.00000150. The second-order valence-electron chi connectivity index (χ2n) is 7.34. The Kier molecular flexibility index (Phi) is 8.07. The maximum absolute atomic E-state index is 12.9. The Hall–Kier alpha value is -2.09. The van der Waals surface area contributed by atoms with Gasteiger partial charge in [0.05, 0.1) is 0 Å². The Morgan fingerprint density at radius 2 is 2.03 bits per heavy atom. The molecule has 3 N–H and O–H groups in total. The number of aryl methyl sites for hydroxylation is 1. The van der Waals surface area contributed by atoms with E-state index in [1.165, 1.54) is 0 Å². The van der Waals surface area contributed by atoms with Crippen molar-refractivity contribution in [2.24, 2.45) is 5.92 Å². The van der Waals surface area contributed by atoms with Crippen LogP contribution in [0, 0.1) is 12.8 Å². The van der Waals surface area contributed by atoms with Gasteiger partial charge in [-0.3, -0.25) is 14.2 Å². The molecule has 29 heavy (non-hydrogen) atoms. The summed E-state index contributed by atoms with van der Waals surface area (Å²) in [7, 11) is 0. The van der Waals surface area contributed by atoms with E-state index in [0.29, 0.717) is 19.0 Å². The smallest absolute Gasteiger partial charge is 0.251 e. The van der Waals surface area contributed by atoms with E-state index < -0.39 is 6.04 Å². The second-order valence-corrected chi connectivity index (χ2v) is 7.34. The fourth-order valence-corrected chi connectivity index (χ4v) is 4.27. The average molecular weight is 440 g/mol. The SMILES string of the molecule is Cc1cccnc1NCCNC(=O)[C@H]1[C@@H]2CNC[C@@H](C2)c2cccc(=O)n21.Cl.Cl. The molecule has 0 spiro atoms. The molecule has 2 aromatic heterocycles. The minimum atomic E-state index is -0.450. The van der Waals surface area contributed by atoms with Crippen LogP contribution in [0.15, 0.2) is 41.3 Å². The molecule has 0 aromatic carbocycles. The number of carbonyl (C=O) groups is 1. The normalized spacial score (nSPS) is 21.8. The van der Waals surface area contributed by atoms with E-state index in [1.807, 2.05) is 25.1 Å². The molecule has 2 aliphatic heterocycles. The average Bonchev–Trinajstić information content (AvgIpc) is 2.68. The third-order valence-corrected chi connectivity index (χ3v) is 5.54. The number of pyridine rings is 2. The molecule has 158 valence electrons. The van der Waals surface area contributed by atoms with Crippen LogP contribution in [0.3, 0.4) is 0 Å². The molecule has 3 atom stereocenters. The molecule has 0 radical (unpaired) electrons. The summed E-state index contributed by atoms with van der Waals surface area (Å²) in [6.45, 7) is 4.68. The van der Waals surface area contributed by atoms with Crippen molar-refractivity contribution in [1.29, 1.82) is 0 Å². The van der Waals surface area contributed by atoms with Gasteiger partial charge in [-0.1, -0.05) is 12.1 Å². The van der Waals surface area contributed by atoms with Crippen LogP contribution in [0.5, 0.6) is 0 Å². The Labute approximate surface area is 182 Å². The van der Waals surface area contributed by atoms with Gasteiger partial charge in [0.25, 0.3) is 5.56 Å². The summed E-state index contributed by atoms with van der Waals surface area (Å²) in [5.41, 5.74) is 1.94. The molecule has 1 fully saturated rings. The first-order valence-corrected chi connectivity index (χ1v) is 9.50. The molecule has 0 aliphatic carbocycles. The van der Waals surface area contributed by atoms with Crippen LogP contribution >= 0.6 is 24.8 Å². The summed E-state index contributed by atoms with van der Waals surface area (Å²) < 4.78 is 1.71. The number of hydrogen-bond donors (Lipinski definition) is 3. The molecule has 2 aromatic rings. The van der Waals surface area contributed by atoms with E-state index in [2.05, 4.69) is 20.9 Å². The van der Waals surface area contributed by atoms with Gasteiger partial charge in [0.1, 0.15) is 11.9 Å². The maximum atomic E-state index is 12.9. The van der Waals surface area contributed by atoms with Crippen LogP contribution in [0.2, 0.25) is 0 Å². The number of fused-ring (bicyclic) bond motifs is 4. The molecule has 0 unspecified atom stereocenters. The molecular weight excluding hydrogens is 413 g/mol. The van der Waals surface area contributed by atoms with Gasteiger partial charge < -0.3 is 16.0 Å². The standard InChI is InChI=1S/C20H25N5O2.2ClH/c1-13-4-3-7-22-19(13)23-8-9-24-20(27)18-15-10-14(11-21-12-15)16-5-2-6-17(26)25(16)18;;/h2-7,14-15,18,21H,8-12H2,1H3,(H,22,23)(H,24,27);2*1H/t14-,15+,18-;;/m1../s1. The van der Waals surface area contributed by atoms with Gasteiger partial charge >= 0.3 is 0 Å². The Morgan fingerprint density at radius 1 is 1.21 bits per heavy atom. The highest BCUT2D eigenvalue weighted by Crippen LogP contribution is 2.38. The molecule has 1 amide bonds. The predicted octanol–water partition coefficient (Wildman–Crippen LogP) is 1.87. The highest BCUT2D eigenvalue weighted by Gasteiger charge is 2.41. The Bertz CT molecular complexity index is 904. The van der Waals surface area contributed by atoms with Crippen LogP contribution in [-0.4, -0.2) is 41.6 Å². The van der Waals surface area contributed by atoms with Crippen LogP contribution in [0.25, 0.3) is 0 Å². The number of anilines is 1. The highest BCUT2D eigenvalue weighted by atomic mass is 35.5. The first-order chi connectivity index (χ1) is 13.1. The molecule has 4 rings (SSSR count). The number of piperidine rings is 1. The van der Waals surface area contributed by atoms with Gasteiger partial charge in [0, 0.05) is 56.0 Å². The van der Waals surface area contributed by atoms with Gasteiger partial charge in [-0.05, 0) is 31.0 Å². The van der Waals surface area contributed by atoms with Crippen molar-refractivity contribution < 1.29 is 4.79 Å². The zero-order chi connectivity index (χ0) is 18.8. The number of rotatable bonds is 5. The van der Waals surface area contributed by atoms with E-state index >= 15 is 0 Å². The predicted molar refractivity (Wildman–Crippen MR) is 118 cm³/mol. The molecule has 4 heterocycles. The zero-order valence-corrected chi connectivity index (χ0v) is 17.9. The van der Waals surface area contributed by atoms with Crippen LogP contribution < -0.4 is 21.5 Å². The van der Waals surface area contributed by atoms with Crippen LogP contribution in [0.4, 0.5) is 5.82 Å². The summed E-state index contributed by atoms with van der Waals surface area (Å²) in [5, 5.41) is 9.65. The van der Waals surface area contributed by atoms with E-state index in [1.54, 1.807) is 22.9 Å². The van der Waals surface area contributed by atoms with E-state index in [9.17, 15) is 9.59 Å². The first kappa shape index (κ1) is 23.2. The lowest BCUT2D eigenvalue weighted by Crippen LogP contribution is -2.52. The van der Waals surface area contributed by atoms with Crippen molar-refractivity contribution in [1.82, 2.24) is 20.2 Å². The summed E-state index contributed by atoms with van der Waals surface area (Å²) in [4.78, 5) is 29.7. The molecule has 0 saturated carbocycles. The lowest BCUT2D eigenvalue weighted by Gasteiger charge is -2.42. The largest absolute Gasteiger partial charge is 0.368 e. The second kappa shape index (κ2) is 10.1. The van der Waals surface area contributed by atoms with Crippen molar-refractivity contribution in [2.45, 2.75) is 25.3 Å². The Morgan fingerprint density at radius 3 is 2.83 bits per heavy atom. The number of hydrogen-bond acceptors (Lipinski definition) is 5. The third-order valence-electron chi connectivity index (χ3n) is 5.54. The lowest BCUT2D eigenvalue weighted by molar-refractivity contribution is -0.126. The number of aromatic nitrogens is 2. The quantitative estimate of drug-likeness (QED) is 0.618. The molecule has 9 heteroatoms. The fraction of sp³-hybridized carbons (Fsp3) is 0.450. The van der Waals surface area contributed by atoms with Gasteiger partial charge in [0.2, 0.25) is 5.91 Å². The summed E-state index contributed by atoms with van der Waals surface area (Å²) in [5.74, 6) is 1.18. The van der Waals surface area contributed by atoms with Crippen molar-refractivity contribution in [3.63, 3.8) is 0 Å². The van der Waals surface area contributed by atoms with Crippen molar-refractivity contribution in [3.05, 3.63) is 58.1 Å². The monoisotopic (exact) mass is 439 g/mol. The number of nitrogens with zero attached hydrogens (tertiary/aromatic N) is 2. The fourth-order valence-electron chi connectivity index (χ4n) is 4.27. The third kappa shape index (κ3) is 4.74. The van der Waals surface area contributed by atoms with E-state index in [0.717, 1.165) is 36.6 Å². The zero-order valence-electron chi connectivity index (χ0n) is 16.3. The summed E-state index contributed by atoms with van der Waals surface area (Å²) in [6.07, 6.45) is 2.69. The van der Waals surface area contributed by atoms with Crippen molar-refractivity contribution in [3.8, 4) is 0 Å². The van der Waals surface area contributed by atoms with Crippen molar-refractivity contribution in [2.75, 3.05) is 31.5 Å². The number of amides is 1. The molecule has 1 saturated heterocycles. The molecule has 2 bridgehead atoms. The lowest BCUT2D eigenvalue weighted by atomic mass is 9.79. The summed E-state index contributed by atoms with van der Waals surface area (Å²) in [6, 6.07) is 8.74. The number of halogens is 2. The van der Waals surface area contributed by atoms with Crippen LogP contribution in [-0.2, 0) is 4.79 Å². The van der Waals surface area contributed by atoms with E-state index in [4.69, 9.17) is 0 Å². The minimum absolute atomic E-state index is 0. The van der Waals surface area contributed by atoms with Crippen molar-refractivity contribution >= 4 is 36.5 Å². The molecular formula is C20H27Cl2N5O2.